The van der Waals surface area contributed by atoms with Crippen LogP contribution in [0.4, 0.5) is 0 Å². The Balaban J connectivity index is 1.69. The minimum Gasteiger partial charge on any atom is -0.497 e. The van der Waals surface area contributed by atoms with Gasteiger partial charge in [-0.3, -0.25) is 14.5 Å². The Kier molecular flexibility index (Phi) is 6.94. The molecule has 2 aliphatic heterocycles. The van der Waals surface area contributed by atoms with Gasteiger partial charge in [-0.05, 0) is 40.8 Å². The molecule has 2 heterocycles. The smallest absolute Gasteiger partial charge is 0.309 e. The van der Waals surface area contributed by atoms with Crippen molar-refractivity contribution >= 4 is 11.9 Å². The van der Waals surface area contributed by atoms with Gasteiger partial charge in [-0.1, -0.05) is 39.0 Å². The second kappa shape index (κ2) is 9.77. The van der Waals surface area contributed by atoms with E-state index in [0.29, 0.717) is 30.3 Å². The third kappa shape index (κ3) is 5.37. The fourth-order valence-corrected chi connectivity index (χ4v) is 5.17. The lowest BCUT2D eigenvalue weighted by Gasteiger charge is -2.31. The molecule has 2 aliphatic rings. The number of carboxylic acid groups (broad SMARTS) is 1. The summed E-state index contributed by atoms with van der Waals surface area (Å²) < 4.78 is 16.3. The highest BCUT2D eigenvalue weighted by Gasteiger charge is 2.48. The van der Waals surface area contributed by atoms with Crippen molar-refractivity contribution in [1.82, 2.24) is 9.80 Å². The van der Waals surface area contributed by atoms with Crippen molar-refractivity contribution in [3.05, 3.63) is 53.6 Å². The molecule has 8 heteroatoms. The van der Waals surface area contributed by atoms with E-state index < -0.39 is 17.9 Å². The number of benzene rings is 2. The molecule has 1 saturated heterocycles. The van der Waals surface area contributed by atoms with Gasteiger partial charge in [-0.15, -0.1) is 0 Å². The molecule has 0 unspecified atom stereocenters. The number of methoxy groups -OCH3 is 1. The van der Waals surface area contributed by atoms with Crippen molar-refractivity contribution < 1.29 is 28.9 Å². The number of likely N-dealkylation sites (N-methyl/N-ethyl adjacent to an activating group) is 1. The second-order valence-electron chi connectivity index (χ2n) is 10.5. The molecule has 1 amide bonds. The van der Waals surface area contributed by atoms with Gasteiger partial charge in [-0.2, -0.15) is 0 Å². The van der Waals surface area contributed by atoms with Crippen LogP contribution in [0, 0.1) is 11.3 Å². The summed E-state index contributed by atoms with van der Waals surface area (Å²) in [6.07, 6.45) is 0. The number of fused-ring (bicyclic) bond motifs is 1. The molecule has 4 rings (SSSR count). The summed E-state index contributed by atoms with van der Waals surface area (Å²) in [6, 6.07) is 12.5. The highest BCUT2D eigenvalue weighted by atomic mass is 16.7. The number of nitrogens with zero attached hydrogens (tertiary/aromatic N) is 2. The van der Waals surface area contributed by atoms with Crippen LogP contribution in [0.25, 0.3) is 0 Å². The Morgan fingerprint density at radius 2 is 1.74 bits per heavy atom. The number of rotatable bonds is 7. The molecule has 3 atom stereocenters. The summed E-state index contributed by atoms with van der Waals surface area (Å²) in [5, 5.41) is 10.4. The summed E-state index contributed by atoms with van der Waals surface area (Å²) in [4.78, 5) is 29.6. The van der Waals surface area contributed by atoms with Crippen molar-refractivity contribution in [3.63, 3.8) is 0 Å². The van der Waals surface area contributed by atoms with Gasteiger partial charge < -0.3 is 24.2 Å². The number of amides is 1. The first-order valence-corrected chi connectivity index (χ1v) is 11.8. The number of carboxylic acids is 1. The zero-order valence-electron chi connectivity index (χ0n) is 21.0. The van der Waals surface area contributed by atoms with Crippen LogP contribution in [0.1, 0.15) is 43.9 Å². The van der Waals surface area contributed by atoms with Crippen LogP contribution in [0.2, 0.25) is 0 Å². The first-order valence-electron chi connectivity index (χ1n) is 11.8. The van der Waals surface area contributed by atoms with Gasteiger partial charge in [0.2, 0.25) is 12.7 Å². The molecule has 8 nitrogen and oxygen atoms in total. The number of aliphatic carboxylic acids is 1. The van der Waals surface area contributed by atoms with Crippen molar-refractivity contribution in [2.24, 2.45) is 11.3 Å². The molecule has 0 aromatic heterocycles. The van der Waals surface area contributed by atoms with E-state index in [0.717, 1.165) is 11.1 Å². The van der Waals surface area contributed by atoms with Crippen molar-refractivity contribution in [2.75, 3.05) is 40.6 Å². The van der Waals surface area contributed by atoms with E-state index in [2.05, 4.69) is 20.8 Å². The Morgan fingerprint density at radius 1 is 1.09 bits per heavy atom. The predicted octanol–water partition coefficient (Wildman–Crippen LogP) is 3.77. The van der Waals surface area contributed by atoms with Gasteiger partial charge in [0, 0.05) is 32.1 Å². The largest absolute Gasteiger partial charge is 0.497 e. The zero-order valence-corrected chi connectivity index (χ0v) is 21.0. The monoisotopic (exact) mass is 482 g/mol. The minimum atomic E-state index is -0.897. The van der Waals surface area contributed by atoms with Crippen LogP contribution in [-0.2, 0) is 9.59 Å². The summed E-state index contributed by atoms with van der Waals surface area (Å²) in [6.45, 7) is 7.59. The van der Waals surface area contributed by atoms with Gasteiger partial charge in [0.25, 0.3) is 0 Å². The Labute approximate surface area is 206 Å². The van der Waals surface area contributed by atoms with Gasteiger partial charge in [0.05, 0.1) is 19.6 Å². The molecule has 1 fully saturated rings. The summed E-state index contributed by atoms with van der Waals surface area (Å²) in [7, 11) is 3.40. The maximum absolute atomic E-state index is 13.2. The SMILES string of the molecule is COc1ccc([C@@H]2[C@@H](C(=O)O)[C@H](c3ccc4c(c3)OCO4)CN2CC(=O)N(C)CC(C)(C)C)cc1. The van der Waals surface area contributed by atoms with Crippen LogP contribution in [0.3, 0.4) is 0 Å². The lowest BCUT2D eigenvalue weighted by molar-refractivity contribution is -0.143. The molecule has 0 radical (unpaired) electrons. The van der Waals surface area contributed by atoms with E-state index in [-0.39, 0.29) is 30.6 Å². The Hall–Kier alpha value is -3.26. The minimum absolute atomic E-state index is 0.0334. The van der Waals surface area contributed by atoms with E-state index >= 15 is 0 Å². The molecule has 35 heavy (non-hydrogen) atoms. The van der Waals surface area contributed by atoms with Crippen molar-refractivity contribution in [3.8, 4) is 17.2 Å². The molecule has 2 aromatic rings. The van der Waals surface area contributed by atoms with Crippen LogP contribution < -0.4 is 14.2 Å². The van der Waals surface area contributed by atoms with E-state index in [1.54, 1.807) is 19.1 Å². The van der Waals surface area contributed by atoms with Crippen molar-refractivity contribution in [2.45, 2.75) is 32.7 Å². The first kappa shape index (κ1) is 24.9. The van der Waals surface area contributed by atoms with Crippen molar-refractivity contribution in [1.29, 1.82) is 0 Å². The number of likely N-dealkylation sites (tertiary alicyclic amines) is 1. The predicted molar refractivity (Wildman–Crippen MR) is 131 cm³/mol. The topological polar surface area (TPSA) is 88.5 Å². The number of carbonyl (C=O) groups is 2. The van der Waals surface area contributed by atoms with Crippen LogP contribution >= 0.6 is 0 Å². The van der Waals surface area contributed by atoms with E-state index in [4.69, 9.17) is 14.2 Å². The normalized spacial score (nSPS) is 21.7. The molecule has 2 aromatic carbocycles. The standard InChI is InChI=1S/C27H34N2O6/c1-27(2,3)15-28(4)23(30)14-29-13-20(18-8-11-21-22(12-18)35-16-34-21)24(26(31)32)25(29)17-6-9-19(33-5)10-7-17/h6-12,20,24-25H,13-16H2,1-5H3,(H,31,32)/t20-,24-,25+/m0/s1. The third-order valence-electron chi connectivity index (χ3n) is 6.64. The summed E-state index contributed by atoms with van der Waals surface area (Å²) >= 11 is 0. The maximum Gasteiger partial charge on any atom is 0.309 e. The van der Waals surface area contributed by atoms with E-state index in [1.807, 2.05) is 47.4 Å². The molecular weight excluding hydrogens is 448 g/mol. The van der Waals surface area contributed by atoms with Gasteiger partial charge in [0.1, 0.15) is 5.75 Å². The molecule has 0 bridgehead atoms. The zero-order chi connectivity index (χ0) is 25.3. The average molecular weight is 483 g/mol. The van der Waals surface area contributed by atoms with Crippen LogP contribution in [0.5, 0.6) is 17.2 Å². The van der Waals surface area contributed by atoms with Crippen LogP contribution in [-0.4, -0.2) is 67.4 Å². The molecule has 188 valence electrons. The van der Waals surface area contributed by atoms with E-state index in [1.165, 1.54) is 0 Å². The molecule has 0 saturated carbocycles. The van der Waals surface area contributed by atoms with Gasteiger partial charge in [-0.25, -0.2) is 0 Å². The molecule has 1 N–H and O–H groups in total. The third-order valence-corrected chi connectivity index (χ3v) is 6.64. The maximum atomic E-state index is 13.2. The van der Waals surface area contributed by atoms with Gasteiger partial charge >= 0.3 is 5.97 Å². The van der Waals surface area contributed by atoms with Gasteiger partial charge in [0.15, 0.2) is 11.5 Å². The number of hydrogen-bond donors (Lipinski definition) is 1. The fourth-order valence-electron chi connectivity index (χ4n) is 5.17. The summed E-state index contributed by atoms with van der Waals surface area (Å²) in [5.74, 6) is -0.0357. The molecular formula is C27H34N2O6. The average Bonchev–Trinajstić information content (AvgIpc) is 3.42. The highest BCUT2D eigenvalue weighted by molar-refractivity contribution is 5.79. The second-order valence-corrected chi connectivity index (χ2v) is 10.5. The fraction of sp³-hybridized carbons (Fsp3) is 0.481. The number of hydrogen-bond acceptors (Lipinski definition) is 6. The quantitative estimate of drug-likeness (QED) is 0.643. The molecule has 0 aliphatic carbocycles. The molecule has 0 spiro atoms. The number of ether oxygens (including phenoxy) is 3. The first-order chi connectivity index (χ1) is 16.6. The lowest BCUT2D eigenvalue weighted by atomic mass is 9.82. The Morgan fingerprint density at radius 3 is 2.37 bits per heavy atom. The van der Waals surface area contributed by atoms with E-state index in [9.17, 15) is 14.7 Å². The number of carbonyl (C=O) groups excluding carboxylic acids is 1. The highest BCUT2D eigenvalue weighted by Crippen LogP contribution is 2.47. The summed E-state index contributed by atoms with van der Waals surface area (Å²) in [5.41, 5.74) is 1.66. The lowest BCUT2D eigenvalue weighted by Crippen LogP contribution is -2.42. The van der Waals surface area contributed by atoms with Crippen LogP contribution in [0.15, 0.2) is 42.5 Å². The Bertz CT molecular complexity index is 1080.